The Hall–Kier alpha value is -1.65. The van der Waals surface area contributed by atoms with E-state index in [0.29, 0.717) is 49.0 Å². The van der Waals surface area contributed by atoms with Crippen LogP contribution in [0.3, 0.4) is 0 Å². The average molecular weight is 439 g/mol. The fourth-order valence-corrected chi connectivity index (χ4v) is 10.3. The molecule has 0 bridgehead atoms. The molecule has 11 atom stereocenters. The summed E-state index contributed by atoms with van der Waals surface area (Å²) in [6, 6.07) is 0. The van der Waals surface area contributed by atoms with Gasteiger partial charge in [0.1, 0.15) is 5.60 Å². The molecule has 1 saturated heterocycles. The second-order valence-electron chi connectivity index (χ2n) is 12.4. The predicted octanol–water partition coefficient (Wildman–Crippen LogP) is 4.10. The summed E-state index contributed by atoms with van der Waals surface area (Å²) in [6.45, 7) is 7.05. The van der Waals surface area contributed by atoms with Gasteiger partial charge in [0.25, 0.3) is 0 Å². The molecule has 0 aromatic rings. The van der Waals surface area contributed by atoms with Gasteiger partial charge in [0.2, 0.25) is 0 Å². The monoisotopic (exact) mass is 438 g/mol. The quantitative estimate of drug-likeness (QED) is 0.607. The molecule has 0 radical (unpaired) electrons. The molecule has 6 aliphatic carbocycles. The first-order valence-corrected chi connectivity index (χ1v) is 12.9. The third-order valence-corrected chi connectivity index (χ3v) is 11.7. The Kier molecular flexibility index (Phi) is 3.63. The topological polar surface area (TPSA) is 69.7 Å². The number of hydrogen-bond acceptors (Lipinski definition) is 5. The first-order valence-electron chi connectivity index (χ1n) is 12.9. The lowest BCUT2D eigenvalue weighted by atomic mass is 9.43. The van der Waals surface area contributed by atoms with E-state index in [4.69, 9.17) is 9.47 Å². The number of allylic oxidation sites excluding steroid dienone is 1. The highest BCUT2D eigenvalue weighted by Gasteiger charge is 2.80. The number of fused-ring (bicyclic) bond motifs is 11. The molecule has 1 aliphatic heterocycles. The Balaban J connectivity index is 1.35. The molecule has 1 unspecified atom stereocenters. The maximum absolute atomic E-state index is 13.4. The normalized spacial score (nSPS) is 56.3. The van der Waals surface area contributed by atoms with Crippen LogP contribution in [0.2, 0.25) is 0 Å². The number of rotatable bonds is 2. The Morgan fingerprint density at radius 2 is 1.97 bits per heavy atom. The highest BCUT2D eigenvalue weighted by Crippen LogP contribution is 2.81. The number of carbonyl (C=O) groups excluding carboxylic acids is 3. The van der Waals surface area contributed by atoms with Crippen molar-refractivity contribution in [3.63, 3.8) is 0 Å². The van der Waals surface area contributed by atoms with Crippen LogP contribution in [0.15, 0.2) is 11.6 Å². The standard InChI is InChI=1S/C27H34O5/c1-4-31-24(30)16-9-13-10-20(28)14-11-18(14)26(13,3)17-5-7-25(2)23(22(16)17)15-12-19(15)27(25)8-6-21(29)32-27/h10,14-19,22-23H,4-9,11-12H2,1-3H3/t14-,15-,16-,17+,18+,19+,22-,23+,25+,26+,27?/m1/s1. The highest BCUT2D eigenvalue weighted by atomic mass is 16.6. The van der Waals surface area contributed by atoms with Crippen LogP contribution in [0.4, 0.5) is 0 Å². The van der Waals surface area contributed by atoms with Crippen molar-refractivity contribution in [1.29, 1.82) is 0 Å². The minimum absolute atomic E-state index is 0.0278. The van der Waals surface area contributed by atoms with Crippen LogP contribution in [0.1, 0.15) is 65.7 Å². The summed E-state index contributed by atoms with van der Waals surface area (Å²) in [5.41, 5.74) is 0.881. The van der Waals surface area contributed by atoms with Gasteiger partial charge in [0.05, 0.1) is 12.5 Å². The first-order chi connectivity index (χ1) is 15.3. The van der Waals surface area contributed by atoms with Crippen molar-refractivity contribution in [2.75, 3.05) is 6.61 Å². The molecule has 5 saturated carbocycles. The molecule has 0 aromatic heterocycles. The number of ether oxygens (including phenoxy) is 2. The zero-order valence-corrected chi connectivity index (χ0v) is 19.4. The van der Waals surface area contributed by atoms with Crippen molar-refractivity contribution < 1.29 is 23.9 Å². The zero-order chi connectivity index (χ0) is 22.2. The molecular weight excluding hydrogens is 404 g/mol. The summed E-state index contributed by atoms with van der Waals surface area (Å²) in [5.74, 6) is 2.74. The Morgan fingerprint density at radius 3 is 2.69 bits per heavy atom. The van der Waals surface area contributed by atoms with E-state index >= 15 is 0 Å². The van der Waals surface area contributed by atoms with Crippen LogP contribution >= 0.6 is 0 Å². The van der Waals surface area contributed by atoms with E-state index in [1.807, 2.05) is 13.0 Å². The summed E-state index contributed by atoms with van der Waals surface area (Å²) in [6.07, 6.45) is 8.23. The molecule has 0 N–H and O–H groups in total. The Morgan fingerprint density at radius 1 is 1.16 bits per heavy atom. The lowest BCUT2D eigenvalue weighted by Crippen LogP contribution is -2.60. The van der Waals surface area contributed by atoms with Gasteiger partial charge in [-0.3, -0.25) is 14.4 Å². The smallest absolute Gasteiger partial charge is 0.309 e. The maximum atomic E-state index is 13.4. The van der Waals surface area contributed by atoms with Gasteiger partial charge in [-0.15, -0.1) is 0 Å². The second kappa shape index (κ2) is 5.88. The van der Waals surface area contributed by atoms with Gasteiger partial charge in [0.15, 0.2) is 5.78 Å². The van der Waals surface area contributed by atoms with Gasteiger partial charge in [-0.2, -0.15) is 0 Å². The molecule has 6 fully saturated rings. The second-order valence-corrected chi connectivity index (χ2v) is 12.4. The number of hydrogen-bond donors (Lipinski definition) is 0. The van der Waals surface area contributed by atoms with Gasteiger partial charge in [-0.1, -0.05) is 19.4 Å². The Bertz CT molecular complexity index is 983. The van der Waals surface area contributed by atoms with Crippen molar-refractivity contribution >= 4 is 17.7 Å². The van der Waals surface area contributed by atoms with Crippen LogP contribution in [0.5, 0.6) is 0 Å². The van der Waals surface area contributed by atoms with E-state index < -0.39 is 0 Å². The lowest BCUT2D eigenvalue weighted by molar-refractivity contribution is -0.187. The third kappa shape index (κ3) is 2.06. The molecule has 0 amide bonds. The van der Waals surface area contributed by atoms with Gasteiger partial charge in [-0.05, 0) is 86.5 Å². The summed E-state index contributed by atoms with van der Waals surface area (Å²) >= 11 is 0. The van der Waals surface area contributed by atoms with Crippen LogP contribution in [0, 0.1) is 58.2 Å². The van der Waals surface area contributed by atoms with Gasteiger partial charge >= 0.3 is 11.9 Å². The molecule has 32 heavy (non-hydrogen) atoms. The average Bonchev–Trinajstić information content (AvgIpc) is 3.66. The van der Waals surface area contributed by atoms with E-state index in [1.54, 1.807) is 0 Å². The van der Waals surface area contributed by atoms with Gasteiger partial charge < -0.3 is 9.47 Å². The molecule has 5 heteroatoms. The van der Waals surface area contributed by atoms with Crippen LogP contribution in [0.25, 0.3) is 0 Å². The van der Waals surface area contributed by atoms with Crippen molar-refractivity contribution in [1.82, 2.24) is 0 Å². The molecule has 7 aliphatic rings. The number of carbonyl (C=O) groups is 3. The molecule has 1 spiro atoms. The number of esters is 2. The van der Waals surface area contributed by atoms with Gasteiger partial charge in [-0.25, -0.2) is 0 Å². The SMILES string of the molecule is CCOC(=O)[C@@H]1CC2=CC(=O)[C@@H]3C[C@@H]3[C@]2(C)[C@H]2CC[C@@]3(C)[C@@H]([C@@H]4C[C@@H]4C34CCC(=O)O4)[C@H]12. The van der Waals surface area contributed by atoms with Crippen LogP contribution in [-0.2, 0) is 23.9 Å². The van der Waals surface area contributed by atoms with Crippen molar-refractivity contribution in [3.05, 3.63) is 11.6 Å². The minimum Gasteiger partial charge on any atom is -0.466 e. The van der Waals surface area contributed by atoms with E-state index in [2.05, 4.69) is 13.8 Å². The lowest BCUT2D eigenvalue weighted by Gasteiger charge is -2.61. The van der Waals surface area contributed by atoms with Crippen LogP contribution < -0.4 is 0 Å². The van der Waals surface area contributed by atoms with Crippen molar-refractivity contribution in [2.45, 2.75) is 71.3 Å². The molecule has 5 nitrogen and oxygen atoms in total. The zero-order valence-electron chi connectivity index (χ0n) is 19.4. The highest BCUT2D eigenvalue weighted by molar-refractivity contribution is 5.96. The van der Waals surface area contributed by atoms with E-state index in [1.165, 1.54) is 5.57 Å². The summed E-state index contributed by atoms with van der Waals surface area (Å²) in [7, 11) is 0. The molecule has 1 heterocycles. The van der Waals surface area contributed by atoms with Crippen LogP contribution in [-0.4, -0.2) is 29.9 Å². The Labute approximate surface area is 189 Å². The fraction of sp³-hybridized carbons (Fsp3) is 0.815. The summed E-state index contributed by atoms with van der Waals surface area (Å²) in [5, 5.41) is 0. The largest absolute Gasteiger partial charge is 0.466 e. The maximum Gasteiger partial charge on any atom is 0.309 e. The van der Waals surface area contributed by atoms with E-state index in [0.717, 1.165) is 32.1 Å². The van der Waals surface area contributed by atoms with Crippen molar-refractivity contribution in [2.24, 2.45) is 58.2 Å². The molecular formula is C27H34O5. The van der Waals surface area contributed by atoms with Crippen molar-refractivity contribution in [3.8, 4) is 0 Å². The third-order valence-electron chi connectivity index (χ3n) is 11.7. The summed E-state index contributed by atoms with van der Waals surface area (Å²) in [4.78, 5) is 38.3. The predicted molar refractivity (Wildman–Crippen MR) is 115 cm³/mol. The number of ketones is 1. The first kappa shape index (κ1) is 19.8. The molecule has 0 aromatic carbocycles. The fourth-order valence-electron chi connectivity index (χ4n) is 10.3. The van der Waals surface area contributed by atoms with E-state index in [-0.39, 0.29) is 51.9 Å². The molecule has 7 rings (SSSR count). The van der Waals surface area contributed by atoms with Gasteiger partial charge in [0, 0.05) is 23.7 Å². The van der Waals surface area contributed by atoms with E-state index in [9.17, 15) is 14.4 Å². The summed E-state index contributed by atoms with van der Waals surface area (Å²) < 4.78 is 11.9. The minimum atomic E-state index is -0.314. The molecule has 172 valence electrons.